The summed E-state index contributed by atoms with van der Waals surface area (Å²) in [5, 5.41) is 9.42. The highest BCUT2D eigenvalue weighted by molar-refractivity contribution is 5.99. The van der Waals surface area contributed by atoms with Crippen molar-refractivity contribution in [1.82, 2.24) is 4.98 Å². The summed E-state index contributed by atoms with van der Waals surface area (Å²) in [4.78, 5) is 27.8. The molecule has 5 heteroatoms. The molecule has 0 fully saturated rings. The molecule has 0 radical (unpaired) electrons. The van der Waals surface area contributed by atoms with Crippen molar-refractivity contribution >= 4 is 11.9 Å². The second-order valence-corrected chi connectivity index (χ2v) is 4.41. The predicted molar refractivity (Wildman–Crippen MR) is 69.7 cm³/mol. The van der Waals surface area contributed by atoms with E-state index in [4.69, 9.17) is 4.74 Å². The minimum Gasteiger partial charge on any atom is -0.480 e. The number of carbonyl (C=O) groups excluding carboxylic acids is 1. The number of hydrogen-bond donors (Lipinski definition) is 1. The van der Waals surface area contributed by atoms with Gasteiger partial charge in [-0.25, -0.2) is 0 Å². The average molecular weight is 265 g/mol. The van der Waals surface area contributed by atoms with E-state index in [2.05, 4.69) is 4.98 Å². The highest BCUT2D eigenvalue weighted by atomic mass is 16.5. The summed E-state index contributed by atoms with van der Waals surface area (Å²) in [5.74, 6) is -1.87. The molecule has 0 aromatic carbocycles. The molecule has 0 saturated heterocycles. The number of ether oxygens (including phenoxy) is 1. The lowest BCUT2D eigenvalue weighted by Gasteiger charge is -2.25. The third kappa shape index (κ3) is 3.30. The lowest BCUT2D eigenvalue weighted by molar-refractivity contribution is -0.169. The van der Waals surface area contributed by atoms with Crippen LogP contribution in [0.5, 0.6) is 0 Å². The van der Waals surface area contributed by atoms with Crippen molar-refractivity contribution in [1.29, 1.82) is 0 Å². The second-order valence-electron chi connectivity index (χ2n) is 4.41. The Balaban J connectivity index is 3.10. The SMILES string of the molecule is CCOC(=O)C(CC)(Cc1cccc(C)n1)C(=O)O. The number of carbonyl (C=O) groups is 2. The molecule has 1 heterocycles. The van der Waals surface area contributed by atoms with Gasteiger partial charge < -0.3 is 9.84 Å². The monoisotopic (exact) mass is 265 g/mol. The Morgan fingerprint density at radius 1 is 1.37 bits per heavy atom. The fourth-order valence-corrected chi connectivity index (χ4v) is 1.93. The third-order valence-electron chi connectivity index (χ3n) is 3.11. The molecule has 0 saturated carbocycles. The smallest absolute Gasteiger partial charge is 0.323 e. The van der Waals surface area contributed by atoms with Gasteiger partial charge in [-0.05, 0) is 32.4 Å². The maximum atomic E-state index is 12.0. The highest BCUT2D eigenvalue weighted by Gasteiger charge is 2.46. The van der Waals surface area contributed by atoms with Gasteiger partial charge in [-0.15, -0.1) is 0 Å². The van der Waals surface area contributed by atoms with Crippen molar-refractivity contribution in [3.05, 3.63) is 29.6 Å². The van der Waals surface area contributed by atoms with Crippen molar-refractivity contribution in [2.24, 2.45) is 5.41 Å². The molecule has 19 heavy (non-hydrogen) atoms. The number of carboxylic acids is 1. The van der Waals surface area contributed by atoms with Gasteiger partial charge in [-0.2, -0.15) is 0 Å². The van der Waals surface area contributed by atoms with Crippen LogP contribution < -0.4 is 0 Å². The van der Waals surface area contributed by atoms with Crippen LogP contribution in [0.4, 0.5) is 0 Å². The molecule has 0 aliphatic rings. The van der Waals surface area contributed by atoms with E-state index in [-0.39, 0.29) is 19.4 Å². The van der Waals surface area contributed by atoms with E-state index < -0.39 is 17.4 Å². The largest absolute Gasteiger partial charge is 0.480 e. The lowest BCUT2D eigenvalue weighted by atomic mass is 9.80. The molecule has 0 spiro atoms. The summed E-state index contributed by atoms with van der Waals surface area (Å²) in [6.07, 6.45) is 0.204. The Morgan fingerprint density at radius 2 is 2.05 bits per heavy atom. The van der Waals surface area contributed by atoms with E-state index >= 15 is 0 Å². The number of pyridine rings is 1. The number of nitrogens with zero attached hydrogens (tertiary/aromatic N) is 1. The zero-order valence-corrected chi connectivity index (χ0v) is 11.5. The number of esters is 1. The van der Waals surface area contributed by atoms with Crippen LogP contribution in [-0.4, -0.2) is 28.6 Å². The first kappa shape index (κ1) is 15.1. The summed E-state index contributed by atoms with van der Waals surface area (Å²) in [6.45, 7) is 5.31. The van der Waals surface area contributed by atoms with Crippen LogP contribution in [0.1, 0.15) is 31.7 Å². The number of aryl methyl sites for hydroxylation is 1. The molecule has 0 aliphatic heterocycles. The van der Waals surface area contributed by atoms with Crippen LogP contribution in [0.25, 0.3) is 0 Å². The first-order valence-electron chi connectivity index (χ1n) is 6.29. The van der Waals surface area contributed by atoms with E-state index in [1.807, 2.05) is 13.0 Å². The van der Waals surface area contributed by atoms with E-state index in [1.54, 1.807) is 26.0 Å². The topological polar surface area (TPSA) is 76.5 Å². The fourth-order valence-electron chi connectivity index (χ4n) is 1.93. The Morgan fingerprint density at radius 3 is 2.53 bits per heavy atom. The summed E-state index contributed by atoms with van der Waals surface area (Å²) in [5.41, 5.74) is -0.189. The fraction of sp³-hybridized carbons (Fsp3) is 0.500. The molecule has 1 unspecified atom stereocenters. The van der Waals surface area contributed by atoms with E-state index in [0.29, 0.717) is 5.69 Å². The van der Waals surface area contributed by atoms with Crippen LogP contribution in [0.3, 0.4) is 0 Å². The van der Waals surface area contributed by atoms with E-state index in [9.17, 15) is 14.7 Å². The van der Waals surface area contributed by atoms with Crippen LogP contribution in [0.15, 0.2) is 18.2 Å². The Bertz CT molecular complexity index is 472. The molecule has 1 rings (SSSR count). The van der Waals surface area contributed by atoms with Gasteiger partial charge in [0, 0.05) is 17.8 Å². The van der Waals surface area contributed by atoms with Gasteiger partial charge in [0.25, 0.3) is 0 Å². The van der Waals surface area contributed by atoms with Gasteiger partial charge in [0.1, 0.15) is 0 Å². The van der Waals surface area contributed by atoms with Crippen molar-refractivity contribution in [3.8, 4) is 0 Å². The van der Waals surface area contributed by atoms with Crippen molar-refractivity contribution < 1.29 is 19.4 Å². The third-order valence-corrected chi connectivity index (χ3v) is 3.11. The van der Waals surface area contributed by atoms with Gasteiger partial charge in [-0.1, -0.05) is 13.0 Å². The molecule has 1 N–H and O–H groups in total. The maximum absolute atomic E-state index is 12.0. The van der Waals surface area contributed by atoms with Gasteiger partial charge in [0.05, 0.1) is 6.61 Å². The lowest BCUT2D eigenvalue weighted by Crippen LogP contribution is -2.42. The Hall–Kier alpha value is -1.91. The van der Waals surface area contributed by atoms with E-state index in [1.165, 1.54) is 0 Å². The Kier molecular flexibility index (Phi) is 5.03. The molecule has 0 aliphatic carbocycles. The first-order valence-corrected chi connectivity index (χ1v) is 6.29. The molecular weight excluding hydrogens is 246 g/mol. The highest BCUT2D eigenvalue weighted by Crippen LogP contribution is 2.29. The molecule has 1 atom stereocenters. The molecule has 0 bridgehead atoms. The van der Waals surface area contributed by atoms with Crippen molar-refractivity contribution in [2.45, 2.75) is 33.6 Å². The molecular formula is C14H19NO4. The molecule has 1 aromatic rings. The zero-order chi connectivity index (χ0) is 14.5. The Labute approximate surface area is 112 Å². The predicted octanol–water partition coefficient (Wildman–Crippen LogP) is 1.98. The summed E-state index contributed by atoms with van der Waals surface area (Å²) < 4.78 is 4.91. The first-order chi connectivity index (χ1) is 8.96. The molecule has 104 valence electrons. The summed E-state index contributed by atoms with van der Waals surface area (Å²) >= 11 is 0. The van der Waals surface area contributed by atoms with Crippen LogP contribution in [0, 0.1) is 12.3 Å². The number of aliphatic carboxylic acids is 1. The van der Waals surface area contributed by atoms with Crippen LogP contribution in [-0.2, 0) is 20.7 Å². The van der Waals surface area contributed by atoms with E-state index in [0.717, 1.165) is 5.69 Å². The summed E-state index contributed by atoms with van der Waals surface area (Å²) in [6, 6.07) is 5.34. The molecule has 0 amide bonds. The second kappa shape index (κ2) is 6.31. The molecule has 1 aromatic heterocycles. The minimum atomic E-state index is -1.56. The zero-order valence-electron chi connectivity index (χ0n) is 11.5. The normalized spacial score (nSPS) is 13.6. The quantitative estimate of drug-likeness (QED) is 0.628. The number of rotatable bonds is 6. The van der Waals surface area contributed by atoms with Gasteiger partial charge in [-0.3, -0.25) is 14.6 Å². The number of aromatic nitrogens is 1. The van der Waals surface area contributed by atoms with Crippen molar-refractivity contribution in [3.63, 3.8) is 0 Å². The standard InChI is InChI=1S/C14H19NO4/c1-4-14(12(16)17,13(18)19-5-2)9-11-8-6-7-10(3)15-11/h6-8H,4-5,9H2,1-3H3,(H,16,17). The van der Waals surface area contributed by atoms with Crippen LogP contribution in [0.2, 0.25) is 0 Å². The number of hydrogen-bond acceptors (Lipinski definition) is 4. The van der Waals surface area contributed by atoms with Gasteiger partial charge >= 0.3 is 11.9 Å². The minimum absolute atomic E-state index is 0.0410. The number of carboxylic acid groups (broad SMARTS) is 1. The molecule has 5 nitrogen and oxygen atoms in total. The van der Waals surface area contributed by atoms with Crippen molar-refractivity contribution in [2.75, 3.05) is 6.61 Å². The van der Waals surface area contributed by atoms with Gasteiger partial charge in [0.15, 0.2) is 5.41 Å². The van der Waals surface area contributed by atoms with Gasteiger partial charge in [0.2, 0.25) is 0 Å². The summed E-state index contributed by atoms with van der Waals surface area (Å²) in [7, 11) is 0. The average Bonchev–Trinajstić information content (AvgIpc) is 2.36. The maximum Gasteiger partial charge on any atom is 0.323 e. The van der Waals surface area contributed by atoms with Crippen LogP contribution >= 0.6 is 0 Å².